The van der Waals surface area contributed by atoms with E-state index in [1.165, 1.54) is 5.56 Å². The number of pyridine rings is 1. The molecule has 1 heterocycles. The van der Waals surface area contributed by atoms with Crippen LogP contribution in [0.5, 0.6) is 11.5 Å². The van der Waals surface area contributed by atoms with Gasteiger partial charge in [0.25, 0.3) is 0 Å². The summed E-state index contributed by atoms with van der Waals surface area (Å²) in [5.41, 5.74) is 3.29. The fourth-order valence-corrected chi connectivity index (χ4v) is 2.86. The molecule has 2 aromatic carbocycles. The molecule has 1 aromatic heterocycles. The summed E-state index contributed by atoms with van der Waals surface area (Å²) in [7, 11) is 0. The van der Waals surface area contributed by atoms with Gasteiger partial charge in [-0.15, -0.1) is 0 Å². The second-order valence-corrected chi connectivity index (χ2v) is 6.46. The van der Waals surface area contributed by atoms with Gasteiger partial charge in [0.2, 0.25) is 0 Å². The van der Waals surface area contributed by atoms with E-state index < -0.39 is 0 Å². The lowest BCUT2D eigenvalue weighted by Crippen LogP contribution is -3.00. The second-order valence-electron chi connectivity index (χ2n) is 6.05. The molecule has 0 aliphatic rings. The second kappa shape index (κ2) is 11.5. The van der Waals surface area contributed by atoms with Gasteiger partial charge in [-0.3, -0.25) is 4.98 Å². The van der Waals surface area contributed by atoms with Gasteiger partial charge in [0, 0.05) is 36.1 Å². The number of hydrogen-bond acceptors (Lipinski definition) is 4. The molecule has 0 saturated carbocycles. The summed E-state index contributed by atoms with van der Waals surface area (Å²) in [4.78, 5) is 4.03. The highest BCUT2D eigenvalue weighted by Gasteiger charge is 2.08. The maximum atomic E-state index is 6.20. The first-order valence-corrected chi connectivity index (χ1v) is 9.35. The number of nitrogens with one attached hydrogen (secondary N) is 1. The maximum absolute atomic E-state index is 6.20. The van der Waals surface area contributed by atoms with Crippen LogP contribution in [0.1, 0.15) is 23.6 Å². The third-order valence-corrected chi connectivity index (χ3v) is 4.43. The van der Waals surface area contributed by atoms with Gasteiger partial charge in [0.15, 0.2) is 11.5 Å². The molecule has 0 unspecified atom stereocenters. The van der Waals surface area contributed by atoms with Crippen LogP contribution in [0.3, 0.4) is 0 Å². The van der Waals surface area contributed by atoms with Crippen molar-refractivity contribution in [2.45, 2.75) is 26.6 Å². The van der Waals surface area contributed by atoms with Gasteiger partial charge in [-0.1, -0.05) is 35.9 Å². The van der Waals surface area contributed by atoms with E-state index in [4.69, 9.17) is 21.1 Å². The van der Waals surface area contributed by atoms with Crippen LogP contribution in [0, 0.1) is 0 Å². The van der Waals surface area contributed by atoms with Crippen molar-refractivity contribution in [2.75, 3.05) is 6.61 Å². The van der Waals surface area contributed by atoms with Crippen LogP contribution in [-0.2, 0) is 19.7 Å². The van der Waals surface area contributed by atoms with Gasteiger partial charge in [-0.25, -0.2) is 0 Å². The van der Waals surface area contributed by atoms with Crippen molar-refractivity contribution in [3.63, 3.8) is 0 Å². The quantitative estimate of drug-likeness (QED) is 0.578. The Labute approximate surface area is 177 Å². The van der Waals surface area contributed by atoms with Gasteiger partial charge < -0.3 is 27.2 Å². The van der Waals surface area contributed by atoms with Crippen LogP contribution in [0.15, 0.2) is 67.0 Å². The van der Waals surface area contributed by atoms with Crippen molar-refractivity contribution in [1.82, 2.24) is 10.3 Å². The van der Waals surface area contributed by atoms with Crippen LogP contribution in [0.4, 0.5) is 0 Å². The van der Waals surface area contributed by atoms with E-state index >= 15 is 0 Å². The number of rotatable bonds is 9. The van der Waals surface area contributed by atoms with Crippen LogP contribution >= 0.6 is 11.6 Å². The molecule has 3 aromatic rings. The van der Waals surface area contributed by atoms with E-state index in [-0.39, 0.29) is 12.4 Å². The van der Waals surface area contributed by atoms with Crippen molar-refractivity contribution >= 4 is 11.6 Å². The van der Waals surface area contributed by atoms with Crippen LogP contribution in [0.2, 0.25) is 5.02 Å². The average Bonchev–Trinajstić information content (AvgIpc) is 2.69. The Morgan fingerprint density at radius 2 is 1.64 bits per heavy atom. The Hall–Kier alpha value is -2.27. The lowest BCUT2D eigenvalue weighted by Gasteiger charge is -2.14. The summed E-state index contributed by atoms with van der Waals surface area (Å²) in [6.07, 6.45) is 3.60. The topological polar surface area (TPSA) is 43.4 Å². The maximum Gasteiger partial charge on any atom is 0.161 e. The van der Waals surface area contributed by atoms with Crippen LogP contribution in [0.25, 0.3) is 0 Å². The Bertz CT molecular complexity index is 860. The SMILES string of the molecule is CCOc1cc(CNCc2ccncc2)ccc1OCc1ccccc1Cl.[Cl-]. The molecule has 0 radical (unpaired) electrons. The Morgan fingerprint density at radius 1 is 0.893 bits per heavy atom. The summed E-state index contributed by atoms with van der Waals surface area (Å²) in [6.45, 7) is 4.48. The summed E-state index contributed by atoms with van der Waals surface area (Å²) >= 11 is 6.20. The van der Waals surface area contributed by atoms with E-state index in [0.717, 1.165) is 35.7 Å². The lowest BCUT2D eigenvalue weighted by atomic mass is 10.2. The number of benzene rings is 2. The Balaban J connectivity index is 0.00000280. The zero-order valence-corrected chi connectivity index (χ0v) is 17.2. The molecule has 0 saturated heterocycles. The number of ether oxygens (including phenoxy) is 2. The number of hydrogen-bond donors (Lipinski definition) is 1. The third kappa shape index (κ3) is 6.41. The highest BCUT2D eigenvalue weighted by Crippen LogP contribution is 2.30. The lowest BCUT2D eigenvalue weighted by molar-refractivity contribution is -0.00000624. The van der Waals surface area contributed by atoms with E-state index in [0.29, 0.717) is 18.2 Å². The van der Waals surface area contributed by atoms with Crippen molar-refractivity contribution in [2.24, 2.45) is 0 Å². The van der Waals surface area contributed by atoms with Crippen molar-refractivity contribution in [3.05, 3.63) is 88.7 Å². The van der Waals surface area contributed by atoms with Crippen LogP contribution in [-0.4, -0.2) is 11.6 Å². The van der Waals surface area contributed by atoms with E-state index in [9.17, 15) is 0 Å². The van der Waals surface area contributed by atoms with E-state index in [2.05, 4.69) is 10.3 Å². The molecular formula is C22H23Cl2N2O2-. The van der Waals surface area contributed by atoms with Crippen molar-refractivity contribution in [1.29, 1.82) is 0 Å². The largest absolute Gasteiger partial charge is 1.00 e. The highest BCUT2D eigenvalue weighted by molar-refractivity contribution is 6.31. The first-order chi connectivity index (χ1) is 13.3. The molecule has 28 heavy (non-hydrogen) atoms. The standard InChI is InChI=1S/C22H23ClN2O2.ClH/c1-2-26-22-13-18(15-25-14-17-9-11-24-12-10-17)7-8-21(22)27-16-19-5-3-4-6-20(19)23;/h3-13,25H,2,14-16H2,1H3;1H/p-1. The number of halogens is 2. The molecule has 6 heteroatoms. The number of aromatic nitrogens is 1. The monoisotopic (exact) mass is 417 g/mol. The summed E-state index contributed by atoms with van der Waals surface area (Å²) < 4.78 is 11.7. The van der Waals surface area contributed by atoms with Crippen molar-refractivity contribution in [3.8, 4) is 11.5 Å². The molecule has 0 atom stereocenters. The fourth-order valence-electron chi connectivity index (χ4n) is 2.67. The summed E-state index contributed by atoms with van der Waals surface area (Å²) in [6, 6.07) is 17.7. The predicted octanol–water partition coefficient (Wildman–Crippen LogP) is 2.01. The average molecular weight is 418 g/mol. The zero-order chi connectivity index (χ0) is 18.9. The zero-order valence-electron chi connectivity index (χ0n) is 15.7. The molecular weight excluding hydrogens is 395 g/mol. The van der Waals surface area contributed by atoms with Crippen LogP contribution < -0.4 is 27.2 Å². The molecule has 3 rings (SSSR count). The minimum atomic E-state index is 0. The molecule has 0 bridgehead atoms. The molecule has 4 nitrogen and oxygen atoms in total. The Morgan fingerprint density at radius 3 is 2.39 bits per heavy atom. The summed E-state index contributed by atoms with van der Waals surface area (Å²) in [5, 5.41) is 4.13. The van der Waals surface area contributed by atoms with Gasteiger partial charge in [-0.2, -0.15) is 0 Å². The fraction of sp³-hybridized carbons (Fsp3) is 0.227. The molecule has 1 N–H and O–H groups in total. The van der Waals surface area contributed by atoms with Gasteiger partial charge in [0.1, 0.15) is 6.61 Å². The van der Waals surface area contributed by atoms with Gasteiger partial charge in [0.05, 0.1) is 6.61 Å². The Kier molecular flexibility index (Phi) is 9.08. The first-order valence-electron chi connectivity index (χ1n) is 8.98. The molecule has 0 amide bonds. The third-order valence-electron chi connectivity index (χ3n) is 4.06. The van der Waals surface area contributed by atoms with E-state index in [1.807, 2.05) is 61.5 Å². The molecule has 0 spiro atoms. The van der Waals surface area contributed by atoms with Crippen molar-refractivity contribution < 1.29 is 21.9 Å². The van der Waals surface area contributed by atoms with Gasteiger partial charge in [-0.05, 0) is 48.4 Å². The minimum Gasteiger partial charge on any atom is -1.00 e. The van der Waals surface area contributed by atoms with E-state index in [1.54, 1.807) is 12.4 Å². The smallest absolute Gasteiger partial charge is 0.161 e. The predicted molar refractivity (Wildman–Crippen MR) is 108 cm³/mol. The first kappa shape index (κ1) is 22.0. The normalized spacial score (nSPS) is 10.2. The minimum absolute atomic E-state index is 0. The van der Waals surface area contributed by atoms with Gasteiger partial charge >= 0.3 is 0 Å². The molecule has 0 aliphatic heterocycles. The molecule has 0 aliphatic carbocycles. The summed E-state index contributed by atoms with van der Waals surface area (Å²) in [5.74, 6) is 1.46. The molecule has 0 fully saturated rings. The number of nitrogens with zero attached hydrogens (tertiary/aromatic N) is 1. The molecule has 148 valence electrons. The highest BCUT2D eigenvalue weighted by atomic mass is 35.5.